The van der Waals surface area contributed by atoms with Crippen molar-refractivity contribution in [3.05, 3.63) is 41.1 Å². The average molecular weight is 357 g/mol. The molecule has 0 bridgehead atoms. The predicted octanol–water partition coefficient (Wildman–Crippen LogP) is 0.878. The smallest absolute Gasteiger partial charge is 0.254 e. The summed E-state index contributed by atoms with van der Waals surface area (Å²) in [6, 6.07) is 3.70. The number of likely N-dealkylation sites (N-methyl/N-ethyl adjacent to an activating group) is 1. The van der Waals surface area contributed by atoms with Gasteiger partial charge in [-0.2, -0.15) is 9.50 Å². The fraction of sp³-hybridized carbons (Fsp3) is 0.412. The van der Waals surface area contributed by atoms with Gasteiger partial charge in [0, 0.05) is 23.5 Å². The van der Waals surface area contributed by atoms with Gasteiger partial charge in [0.25, 0.3) is 5.78 Å². The molecule has 26 heavy (non-hydrogen) atoms. The van der Waals surface area contributed by atoms with Gasteiger partial charge in [-0.1, -0.05) is 0 Å². The molecule has 138 valence electrons. The van der Waals surface area contributed by atoms with Gasteiger partial charge >= 0.3 is 0 Å². The van der Waals surface area contributed by atoms with E-state index < -0.39 is 0 Å². The molecule has 1 unspecified atom stereocenters. The first-order valence-corrected chi connectivity index (χ1v) is 8.31. The van der Waals surface area contributed by atoms with Crippen LogP contribution < -0.4 is 11.1 Å². The van der Waals surface area contributed by atoms with E-state index in [2.05, 4.69) is 20.4 Å². The van der Waals surface area contributed by atoms with Crippen LogP contribution in [0.5, 0.6) is 0 Å². The summed E-state index contributed by atoms with van der Waals surface area (Å²) < 4.78 is 7.03. The van der Waals surface area contributed by atoms with E-state index in [4.69, 9.17) is 10.2 Å². The Bertz CT molecular complexity index is 915. The summed E-state index contributed by atoms with van der Waals surface area (Å²) in [6.45, 7) is 4.18. The van der Waals surface area contributed by atoms with Crippen LogP contribution in [0, 0.1) is 13.8 Å². The Kier molecular flexibility index (Phi) is 4.90. The van der Waals surface area contributed by atoms with Crippen molar-refractivity contribution in [1.29, 1.82) is 0 Å². The molecule has 0 fully saturated rings. The molecule has 9 heteroatoms. The van der Waals surface area contributed by atoms with Crippen LogP contribution in [0.1, 0.15) is 28.8 Å². The Morgan fingerprint density at radius 2 is 2.15 bits per heavy atom. The number of hydrogen-bond donors (Lipinski definition) is 2. The second-order valence-electron chi connectivity index (χ2n) is 6.42. The first kappa shape index (κ1) is 17.9. The van der Waals surface area contributed by atoms with Gasteiger partial charge in [0.05, 0.1) is 18.7 Å². The number of nitrogens with two attached hydrogens (primary N) is 1. The molecule has 9 nitrogen and oxygen atoms in total. The Morgan fingerprint density at radius 1 is 1.38 bits per heavy atom. The molecule has 0 aliphatic heterocycles. The lowest BCUT2D eigenvalue weighted by Crippen LogP contribution is -2.35. The van der Waals surface area contributed by atoms with Crippen molar-refractivity contribution in [3.8, 4) is 0 Å². The second-order valence-corrected chi connectivity index (χ2v) is 6.42. The van der Waals surface area contributed by atoms with Crippen molar-refractivity contribution in [1.82, 2.24) is 29.8 Å². The maximum Gasteiger partial charge on any atom is 0.254 e. The van der Waals surface area contributed by atoms with Gasteiger partial charge in [-0.25, -0.2) is 4.98 Å². The molecule has 3 N–H and O–H groups in total. The molecule has 1 amide bonds. The van der Waals surface area contributed by atoms with E-state index in [1.165, 1.54) is 0 Å². The quantitative estimate of drug-likeness (QED) is 0.673. The van der Waals surface area contributed by atoms with Crippen LogP contribution in [0.15, 0.2) is 22.8 Å². The van der Waals surface area contributed by atoms with Gasteiger partial charge < -0.3 is 15.5 Å². The Balaban J connectivity index is 1.73. The largest absolute Gasteiger partial charge is 0.468 e. The van der Waals surface area contributed by atoms with Crippen molar-refractivity contribution in [3.63, 3.8) is 0 Å². The summed E-state index contributed by atoms with van der Waals surface area (Å²) in [4.78, 5) is 22.9. The van der Waals surface area contributed by atoms with E-state index in [1.807, 2.05) is 45.0 Å². The molecule has 0 aliphatic rings. The van der Waals surface area contributed by atoms with Crippen LogP contribution in [-0.4, -0.2) is 51.0 Å². The number of fused-ring (bicyclic) bond motifs is 1. The summed E-state index contributed by atoms with van der Waals surface area (Å²) in [5.41, 5.74) is 8.01. The number of aryl methyl sites for hydroxylation is 2. The minimum Gasteiger partial charge on any atom is -0.468 e. The summed E-state index contributed by atoms with van der Waals surface area (Å²) >= 11 is 0. The number of amides is 1. The zero-order valence-electron chi connectivity index (χ0n) is 15.4. The summed E-state index contributed by atoms with van der Waals surface area (Å²) in [6.07, 6.45) is 1.84. The van der Waals surface area contributed by atoms with Gasteiger partial charge in [0.15, 0.2) is 0 Å². The molecule has 3 aromatic rings. The fourth-order valence-electron chi connectivity index (χ4n) is 2.93. The number of aromatic nitrogens is 4. The number of hydrogen-bond acceptors (Lipinski definition) is 7. The SMILES string of the molecule is Cc1nc2nc(N)nn2c(C)c1CC(=O)NCC(c1ccco1)N(C)C. The number of anilines is 1. The highest BCUT2D eigenvalue weighted by molar-refractivity contribution is 5.79. The fourth-order valence-corrected chi connectivity index (χ4v) is 2.93. The van der Waals surface area contributed by atoms with Crippen LogP contribution in [0.3, 0.4) is 0 Å². The third-order valence-electron chi connectivity index (χ3n) is 4.39. The van der Waals surface area contributed by atoms with Crippen molar-refractivity contribution < 1.29 is 9.21 Å². The molecule has 3 rings (SSSR count). The van der Waals surface area contributed by atoms with Gasteiger partial charge in [-0.15, -0.1) is 5.10 Å². The Hall–Kier alpha value is -2.94. The molecular weight excluding hydrogens is 334 g/mol. The van der Waals surface area contributed by atoms with Crippen LogP contribution in [-0.2, 0) is 11.2 Å². The van der Waals surface area contributed by atoms with Crippen LogP contribution >= 0.6 is 0 Å². The highest BCUT2D eigenvalue weighted by atomic mass is 16.3. The van der Waals surface area contributed by atoms with Crippen molar-refractivity contribution >= 4 is 17.6 Å². The zero-order valence-corrected chi connectivity index (χ0v) is 15.4. The molecule has 0 spiro atoms. The normalized spacial score (nSPS) is 12.7. The van der Waals surface area contributed by atoms with Gasteiger partial charge in [-0.3, -0.25) is 9.69 Å². The van der Waals surface area contributed by atoms with Crippen molar-refractivity contribution in [2.24, 2.45) is 0 Å². The van der Waals surface area contributed by atoms with E-state index in [9.17, 15) is 4.79 Å². The molecule has 0 saturated carbocycles. The molecular formula is C17H23N7O2. The topological polar surface area (TPSA) is 115 Å². The lowest BCUT2D eigenvalue weighted by molar-refractivity contribution is -0.120. The predicted molar refractivity (Wildman–Crippen MR) is 96.5 cm³/mol. The highest BCUT2D eigenvalue weighted by Crippen LogP contribution is 2.18. The minimum atomic E-state index is -0.0937. The van der Waals surface area contributed by atoms with Crippen LogP contribution in [0.4, 0.5) is 5.95 Å². The monoisotopic (exact) mass is 357 g/mol. The number of carbonyl (C=O) groups excluding carboxylic acids is 1. The van der Waals surface area contributed by atoms with E-state index in [0.29, 0.717) is 12.3 Å². The van der Waals surface area contributed by atoms with Crippen molar-refractivity contribution in [2.75, 3.05) is 26.4 Å². The number of nitrogens with one attached hydrogen (secondary N) is 1. The molecule has 3 aromatic heterocycles. The van der Waals surface area contributed by atoms with E-state index in [1.54, 1.807) is 10.8 Å². The number of nitrogen functional groups attached to an aromatic ring is 1. The zero-order chi connectivity index (χ0) is 18.8. The van der Waals surface area contributed by atoms with Crippen molar-refractivity contribution in [2.45, 2.75) is 26.3 Å². The maximum atomic E-state index is 12.5. The summed E-state index contributed by atoms with van der Waals surface area (Å²) in [7, 11) is 3.89. The molecule has 0 radical (unpaired) electrons. The highest BCUT2D eigenvalue weighted by Gasteiger charge is 2.19. The van der Waals surface area contributed by atoms with Crippen LogP contribution in [0.2, 0.25) is 0 Å². The first-order chi connectivity index (χ1) is 12.4. The van der Waals surface area contributed by atoms with Gasteiger partial charge in [0.1, 0.15) is 5.76 Å². The van der Waals surface area contributed by atoms with E-state index >= 15 is 0 Å². The van der Waals surface area contributed by atoms with Gasteiger partial charge in [0.2, 0.25) is 11.9 Å². The number of furan rings is 1. The third kappa shape index (κ3) is 3.52. The molecule has 1 atom stereocenters. The Morgan fingerprint density at radius 3 is 2.81 bits per heavy atom. The summed E-state index contributed by atoms with van der Waals surface area (Å²) in [5, 5.41) is 7.09. The maximum absolute atomic E-state index is 12.5. The number of carbonyl (C=O) groups is 1. The standard InChI is InChI=1S/C17H23N7O2/c1-10-12(11(2)24-17(20-10)21-16(18)22-24)8-15(25)19-9-13(23(3)4)14-6-5-7-26-14/h5-7,13H,8-9H2,1-4H3,(H2,18,22)(H,19,25). The van der Waals surface area contributed by atoms with Gasteiger partial charge in [-0.05, 0) is 40.1 Å². The number of nitrogens with zero attached hydrogens (tertiary/aromatic N) is 5. The lowest BCUT2D eigenvalue weighted by Gasteiger charge is -2.22. The Labute approximate surface area is 151 Å². The average Bonchev–Trinajstić information content (AvgIpc) is 3.21. The third-order valence-corrected chi connectivity index (χ3v) is 4.39. The molecule has 0 aliphatic carbocycles. The molecule has 3 heterocycles. The molecule has 0 aromatic carbocycles. The minimum absolute atomic E-state index is 0.0353. The molecule has 0 saturated heterocycles. The second kappa shape index (κ2) is 7.12. The summed E-state index contributed by atoms with van der Waals surface area (Å²) in [5.74, 6) is 1.31. The van der Waals surface area contributed by atoms with E-state index in [-0.39, 0.29) is 24.3 Å². The first-order valence-electron chi connectivity index (χ1n) is 8.31. The van der Waals surface area contributed by atoms with E-state index in [0.717, 1.165) is 22.7 Å². The lowest BCUT2D eigenvalue weighted by atomic mass is 10.1. The van der Waals surface area contributed by atoms with Crippen LogP contribution in [0.25, 0.3) is 5.78 Å². The number of rotatable bonds is 6.